The van der Waals surface area contributed by atoms with Gasteiger partial charge in [-0.1, -0.05) is 37.8 Å². The average molecular weight is 463 g/mol. The predicted molar refractivity (Wildman–Crippen MR) is 133 cm³/mol. The maximum absolute atomic E-state index is 10.9. The lowest BCUT2D eigenvalue weighted by atomic mass is 10.0. The number of benzene rings is 3. The minimum Gasteiger partial charge on any atom is -0.508 e. The van der Waals surface area contributed by atoms with Gasteiger partial charge in [0.05, 0.1) is 5.69 Å². The number of aryl methyl sites for hydroxylation is 1. The van der Waals surface area contributed by atoms with E-state index in [9.17, 15) is 9.90 Å². The van der Waals surface area contributed by atoms with E-state index < -0.39 is 0 Å². The number of nitrogens with zero attached hydrogens (tertiary/aromatic N) is 3. The van der Waals surface area contributed by atoms with Gasteiger partial charge in [-0.05, 0) is 60.5 Å². The summed E-state index contributed by atoms with van der Waals surface area (Å²) in [6.07, 6.45) is 3.22. The molecule has 0 saturated carbocycles. The highest BCUT2D eigenvalue weighted by Gasteiger charge is 2.18. The minimum atomic E-state index is 0.165. The molecule has 0 atom stereocenters. The van der Waals surface area contributed by atoms with Crippen molar-refractivity contribution in [2.45, 2.75) is 13.3 Å². The van der Waals surface area contributed by atoms with Crippen LogP contribution in [0.2, 0.25) is 0 Å². The Morgan fingerprint density at radius 3 is 2.20 bits per heavy atom. The van der Waals surface area contributed by atoms with Crippen molar-refractivity contribution < 1.29 is 18.7 Å². The van der Waals surface area contributed by atoms with Crippen molar-refractivity contribution in [3.05, 3.63) is 90.1 Å². The number of rotatable bonds is 7. The van der Waals surface area contributed by atoms with Crippen molar-refractivity contribution in [3.8, 4) is 51.4 Å². The number of aromatic hydroxyl groups is 1. The van der Waals surface area contributed by atoms with Crippen LogP contribution in [0, 0.1) is 0 Å². The van der Waals surface area contributed by atoms with Gasteiger partial charge in [0, 0.05) is 27.8 Å². The third-order valence-corrected chi connectivity index (χ3v) is 5.63. The number of phenols is 1. The van der Waals surface area contributed by atoms with Crippen LogP contribution < -0.4 is 0 Å². The monoisotopic (exact) mass is 463 g/mol. The van der Waals surface area contributed by atoms with Gasteiger partial charge < -0.3 is 13.9 Å². The maximum atomic E-state index is 10.9. The summed E-state index contributed by atoms with van der Waals surface area (Å²) in [5, 5.41) is 17.8. The van der Waals surface area contributed by atoms with Gasteiger partial charge >= 0.3 is 0 Å². The molecular formula is C28H21N3O4. The van der Waals surface area contributed by atoms with Crippen molar-refractivity contribution >= 4 is 12.4 Å². The van der Waals surface area contributed by atoms with E-state index in [0.29, 0.717) is 41.0 Å². The van der Waals surface area contributed by atoms with E-state index in [4.69, 9.17) is 8.83 Å². The van der Waals surface area contributed by atoms with E-state index in [1.807, 2.05) is 37.3 Å². The largest absolute Gasteiger partial charge is 0.508 e. The van der Waals surface area contributed by atoms with E-state index in [-0.39, 0.29) is 5.75 Å². The molecule has 2 aromatic heterocycles. The highest BCUT2D eigenvalue weighted by atomic mass is 16.4. The van der Waals surface area contributed by atoms with Gasteiger partial charge in [0.25, 0.3) is 0 Å². The Kier molecular flexibility index (Phi) is 5.81. The molecule has 3 aromatic carbocycles. The molecule has 2 heterocycles. The summed E-state index contributed by atoms with van der Waals surface area (Å²) in [4.78, 5) is 15.6. The molecule has 0 bridgehead atoms. The molecule has 1 N–H and O–H groups in total. The second-order valence-corrected chi connectivity index (χ2v) is 7.85. The fourth-order valence-corrected chi connectivity index (χ4v) is 3.76. The zero-order valence-electron chi connectivity index (χ0n) is 18.9. The summed E-state index contributed by atoms with van der Waals surface area (Å²) in [5.74, 6) is 2.05. The minimum absolute atomic E-state index is 0.165. The van der Waals surface area contributed by atoms with E-state index in [0.717, 1.165) is 34.2 Å². The van der Waals surface area contributed by atoms with Gasteiger partial charge in [0.2, 0.25) is 17.7 Å². The molecule has 0 aliphatic heterocycles. The summed E-state index contributed by atoms with van der Waals surface area (Å²) in [7, 11) is 0. The molecule has 0 aliphatic carbocycles. The normalized spacial score (nSPS) is 10.9. The number of phenolic OH excluding ortho intramolecular Hbond substituents is 1. The summed E-state index contributed by atoms with van der Waals surface area (Å²) < 4.78 is 12.1. The van der Waals surface area contributed by atoms with Crippen LogP contribution in [0.4, 0.5) is 0 Å². The van der Waals surface area contributed by atoms with E-state index in [2.05, 4.69) is 21.8 Å². The summed E-state index contributed by atoms with van der Waals surface area (Å²) in [5.41, 5.74) is 5.32. The molecule has 0 saturated heterocycles. The number of carbonyl (C=O) groups is 1. The van der Waals surface area contributed by atoms with Gasteiger partial charge in [-0.3, -0.25) is 4.79 Å². The smallest absolute Gasteiger partial charge is 0.248 e. The topological polar surface area (TPSA) is 102 Å². The van der Waals surface area contributed by atoms with Gasteiger partial charge in [0.1, 0.15) is 12.0 Å². The van der Waals surface area contributed by atoms with Crippen LogP contribution >= 0.6 is 0 Å². The number of hydrogen-bond donors (Lipinski definition) is 1. The van der Waals surface area contributed by atoms with Crippen LogP contribution in [0.5, 0.6) is 5.75 Å². The fourth-order valence-electron chi connectivity index (χ4n) is 3.76. The van der Waals surface area contributed by atoms with E-state index in [1.54, 1.807) is 42.5 Å². The molecule has 0 radical (unpaired) electrons. The first kappa shape index (κ1) is 22.0. The van der Waals surface area contributed by atoms with Crippen molar-refractivity contribution in [3.63, 3.8) is 0 Å². The number of carbonyl (C=O) groups excluding carboxylic acids is 1. The van der Waals surface area contributed by atoms with Crippen LogP contribution in [-0.4, -0.2) is 26.6 Å². The molecule has 0 spiro atoms. The zero-order chi connectivity index (χ0) is 24.4. The summed E-state index contributed by atoms with van der Waals surface area (Å²) in [6.45, 7) is 5.97. The first-order valence-corrected chi connectivity index (χ1v) is 11.0. The van der Waals surface area contributed by atoms with Gasteiger partial charge in [-0.15, -0.1) is 10.2 Å². The van der Waals surface area contributed by atoms with Crippen molar-refractivity contribution in [1.82, 2.24) is 15.2 Å². The highest BCUT2D eigenvalue weighted by molar-refractivity contribution is 5.78. The lowest BCUT2D eigenvalue weighted by Gasteiger charge is -2.05. The zero-order valence-corrected chi connectivity index (χ0v) is 18.9. The Morgan fingerprint density at radius 2 is 1.51 bits per heavy atom. The molecule has 5 rings (SSSR count). The molecule has 0 unspecified atom stereocenters. The van der Waals surface area contributed by atoms with Gasteiger partial charge in [0.15, 0.2) is 5.76 Å². The van der Waals surface area contributed by atoms with E-state index in [1.165, 1.54) is 0 Å². The number of hydrogen-bond acceptors (Lipinski definition) is 7. The van der Waals surface area contributed by atoms with Crippen LogP contribution in [0.3, 0.4) is 0 Å². The maximum Gasteiger partial charge on any atom is 0.248 e. The molecular weight excluding hydrogens is 442 g/mol. The molecule has 7 nitrogen and oxygen atoms in total. The molecule has 35 heavy (non-hydrogen) atoms. The SMILES string of the molecule is C=Cc1cc(-c2oc(-c3ccc(C=O)cc3)nc2CC)ccc1-c1nnc(-c2ccc(O)cc2)o1. The molecule has 0 fully saturated rings. The van der Waals surface area contributed by atoms with Crippen LogP contribution in [-0.2, 0) is 6.42 Å². The molecule has 7 heteroatoms. The summed E-state index contributed by atoms with van der Waals surface area (Å²) in [6, 6.07) is 19.4. The lowest BCUT2D eigenvalue weighted by Crippen LogP contribution is -1.88. The van der Waals surface area contributed by atoms with Crippen molar-refractivity contribution in [1.29, 1.82) is 0 Å². The number of aldehydes is 1. The Bertz CT molecular complexity index is 1510. The predicted octanol–water partition coefficient (Wildman–Crippen LogP) is 6.45. The van der Waals surface area contributed by atoms with E-state index >= 15 is 0 Å². The van der Waals surface area contributed by atoms with Crippen LogP contribution in [0.15, 0.2) is 82.1 Å². The summed E-state index contributed by atoms with van der Waals surface area (Å²) >= 11 is 0. The van der Waals surface area contributed by atoms with Crippen LogP contribution in [0.1, 0.15) is 28.5 Å². The second-order valence-electron chi connectivity index (χ2n) is 7.85. The third-order valence-electron chi connectivity index (χ3n) is 5.63. The Hall–Kier alpha value is -4.78. The van der Waals surface area contributed by atoms with Gasteiger partial charge in [-0.25, -0.2) is 4.98 Å². The lowest BCUT2D eigenvalue weighted by molar-refractivity contribution is 0.112. The highest BCUT2D eigenvalue weighted by Crippen LogP contribution is 2.34. The Labute approximate surface area is 201 Å². The Morgan fingerprint density at radius 1 is 0.857 bits per heavy atom. The van der Waals surface area contributed by atoms with Gasteiger partial charge in [-0.2, -0.15) is 0 Å². The average Bonchev–Trinajstić information content (AvgIpc) is 3.57. The first-order chi connectivity index (χ1) is 17.1. The third kappa shape index (κ3) is 4.27. The number of oxazole rings is 1. The van der Waals surface area contributed by atoms with Crippen LogP contribution in [0.25, 0.3) is 51.8 Å². The molecule has 0 aliphatic rings. The molecule has 0 amide bonds. The quantitative estimate of drug-likeness (QED) is 0.277. The second kappa shape index (κ2) is 9.23. The molecule has 172 valence electrons. The standard InChI is InChI=1S/C28H21N3O4/c1-3-18-15-21(25-24(4-2)29-26(34-25)19-7-5-17(16-32)6-8-19)11-14-23(18)28-31-30-27(35-28)20-9-12-22(33)13-10-20/h3,5-16,33H,1,4H2,2H3. The van der Waals surface area contributed by atoms with Crippen molar-refractivity contribution in [2.75, 3.05) is 0 Å². The first-order valence-electron chi connectivity index (χ1n) is 11.0. The fraction of sp³-hybridized carbons (Fsp3) is 0.0714. The number of aromatic nitrogens is 3. The molecule has 5 aromatic rings. The van der Waals surface area contributed by atoms with Crippen molar-refractivity contribution in [2.24, 2.45) is 0 Å². The Balaban J connectivity index is 1.50.